The molecule has 3 N–H and O–H groups in total. The third-order valence-corrected chi connectivity index (χ3v) is 3.64. The zero-order chi connectivity index (χ0) is 17.0. The number of imide groups is 1. The van der Waals surface area contributed by atoms with E-state index < -0.39 is 34.0 Å². The van der Waals surface area contributed by atoms with Gasteiger partial charge in [-0.1, -0.05) is 0 Å². The van der Waals surface area contributed by atoms with Gasteiger partial charge in [0.1, 0.15) is 0 Å². The lowest BCUT2D eigenvalue weighted by Crippen LogP contribution is -2.41. The first-order valence-electron chi connectivity index (χ1n) is 6.98. The topological polar surface area (TPSA) is 139 Å². The van der Waals surface area contributed by atoms with Crippen LogP contribution in [0.1, 0.15) is 33.6 Å². The molecule has 1 aliphatic heterocycles. The molecule has 0 bridgehead atoms. The summed E-state index contributed by atoms with van der Waals surface area (Å²) in [4.78, 5) is 45.3. The molecule has 0 aliphatic carbocycles. The van der Waals surface area contributed by atoms with E-state index in [1.165, 1.54) is 0 Å². The van der Waals surface area contributed by atoms with E-state index in [9.17, 15) is 24.5 Å². The Kier molecular flexibility index (Phi) is 5.02. The number of nitro benzene ring substituents is 1. The summed E-state index contributed by atoms with van der Waals surface area (Å²) in [5.41, 5.74) is -1.25. The van der Waals surface area contributed by atoms with Crippen LogP contribution in [-0.2, 0) is 4.79 Å². The molecule has 9 nitrogen and oxygen atoms in total. The first kappa shape index (κ1) is 16.6. The van der Waals surface area contributed by atoms with Crippen LogP contribution in [0.15, 0.2) is 18.2 Å². The average molecular weight is 321 g/mol. The molecule has 1 aliphatic rings. The van der Waals surface area contributed by atoms with Gasteiger partial charge in [-0.25, -0.2) is 4.79 Å². The van der Waals surface area contributed by atoms with E-state index in [0.717, 1.165) is 18.2 Å². The summed E-state index contributed by atoms with van der Waals surface area (Å²) in [6.45, 7) is 1.34. The fourth-order valence-corrected chi connectivity index (χ4v) is 2.39. The summed E-state index contributed by atoms with van der Waals surface area (Å²) >= 11 is 0. The number of nitrogens with zero attached hydrogens (tertiary/aromatic N) is 1. The predicted molar refractivity (Wildman–Crippen MR) is 78.1 cm³/mol. The summed E-state index contributed by atoms with van der Waals surface area (Å²) in [5.74, 6) is -3.13. The maximum absolute atomic E-state index is 12.1. The highest BCUT2D eigenvalue weighted by molar-refractivity contribution is 6.10. The van der Waals surface area contributed by atoms with Crippen LogP contribution in [-0.4, -0.2) is 40.9 Å². The molecule has 0 radical (unpaired) electrons. The van der Waals surface area contributed by atoms with Gasteiger partial charge in [-0.05, 0) is 32.0 Å². The molecular weight excluding hydrogens is 306 g/mol. The van der Waals surface area contributed by atoms with E-state index in [4.69, 9.17) is 5.11 Å². The van der Waals surface area contributed by atoms with Gasteiger partial charge in [0.2, 0.25) is 5.91 Å². The van der Waals surface area contributed by atoms with E-state index in [-0.39, 0.29) is 11.5 Å². The van der Waals surface area contributed by atoms with Gasteiger partial charge in [0.05, 0.1) is 16.1 Å². The van der Waals surface area contributed by atoms with Crippen LogP contribution in [0.2, 0.25) is 0 Å². The second-order valence-electron chi connectivity index (χ2n) is 5.13. The van der Waals surface area contributed by atoms with E-state index in [2.05, 4.69) is 10.6 Å². The number of hydrogen-bond acceptors (Lipinski definition) is 6. The average Bonchev–Trinajstić information content (AvgIpc) is 2.54. The molecule has 1 heterocycles. The van der Waals surface area contributed by atoms with E-state index in [1.54, 1.807) is 0 Å². The molecule has 0 aromatic heterocycles. The number of nitrogens with one attached hydrogen (secondary N) is 2. The number of carbonyl (C=O) groups excluding carboxylic acids is 2. The Balaban J connectivity index is 2.19. The van der Waals surface area contributed by atoms with Gasteiger partial charge >= 0.3 is 5.97 Å². The number of nitro groups is 1. The van der Waals surface area contributed by atoms with Gasteiger partial charge < -0.3 is 10.4 Å². The quantitative estimate of drug-likeness (QED) is 0.418. The van der Waals surface area contributed by atoms with E-state index in [0.29, 0.717) is 25.9 Å². The number of carboxylic acid groups (broad SMARTS) is 1. The number of amides is 2. The summed E-state index contributed by atoms with van der Waals surface area (Å²) in [7, 11) is 0. The fourth-order valence-electron chi connectivity index (χ4n) is 2.39. The van der Waals surface area contributed by atoms with Crippen molar-refractivity contribution in [2.75, 3.05) is 13.1 Å². The second-order valence-corrected chi connectivity index (χ2v) is 5.13. The SMILES string of the molecule is O=C(O)c1cc([N+](=O)[O-])ccc1C(=O)NC(=O)C1CCNCC1. The van der Waals surface area contributed by atoms with Crippen LogP contribution in [0.3, 0.4) is 0 Å². The molecule has 0 spiro atoms. The second kappa shape index (κ2) is 6.97. The van der Waals surface area contributed by atoms with Crippen LogP contribution in [0, 0.1) is 16.0 Å². The first-order chi connectivity index (χ1) is 10.9. The molecule has 2 rings (SSSR count). The molecule has 1 aromatic rings. The highest BCUT2D eigenvalue weighted by Crippen LogP contribution is 2.19. The van der Waals surface area contributed by atoms with Gasteiger partial charge in [0.15, 0.2) is 0 Å². The van der Waals surface area contributed by atoms with Crippen LogP contribution in [0.25, 0.3) is 0 Å². The molecule has 0 saturated carbocycles. The third-order valence-electron chi connectivity index (χ3n) is 3.64. The van der Waals surface area contributed by atoms with E-state index in [1.807, 2.05) is 0 Å². The molecule has 2 amide bonds. The summed E-state index contributed by atoms with van der Waals surface area (Å²) in [6, 6.07) is 2.86. The minimum atomic E-state index is -1.48. The smallest absolute Gasteiger partial charge is 0.336 e. The molecule has 0 atom stereocenters. The lowest BCUT2D eigenvalue weighted by atomic mass is 9.97. The van der Waals surface area contributed by atoms with Crippen LogP contribution >= 0.6 is 0 Å². The third kappa shape index (κ3) is 3.89. The van der Waals surface area contributed by atoms with Crippen molar-refractivity contribution >= 4 is 23.5 Å². The van der Waals surface area contributed by atoms with Crippen molar-refractivity contribution in [1.82, 2.24) is 10.6 Å². The standard InChI is InChI=1S/C14H15N3O6/c18-12(8-3-5-15-6-4-8)16-13(19)10-2-1-9(17(22)23)7-11(10)14(20)21/h1-2,7-8,15H,3-6H2,(H,20,21)(H,16,18,19). The maximum Gasteiger partial charge on any atom is 0.336 e. The van der Waals surface area contributed by atoms with Crippen molar-refractivity contribution in [1.29, 1.82) is 0 Å². The van der Waals surface area contributed by atoms with Crippen LogP contribution in [0.5, 0.6) is 0 Å². The summed E-state index contributed by atoms with van der Waals surface area (Å²) < 4.78 is 0. The highest BCUT2D eigenvalue weighted by atomic mass is 16.6. The van der Waals surface area contributed by atoms with Gasteiger partial charge in [-0.15, -0.1) is 0 Å². The zero-order valence-electron chi connectivity index (χ0n) is 12.1. The minimum Gasteiger partial charge on any atom is -0.478 e. The molecule has 122 valence electrons. The van der Waals surface area contributed by atoms with Crippen LogP contribution in [0.4, 0.5) is 5.69 Å². The van der Waals surface area contributed by atoms with Crippen molar-refractivity contribution in [2.24, 2.45) is 5.92 Å². The first-order valence-corrected chi connectivity index (χ1v) is 6.98. The number of rotatable bonds is 4. The molecular formula is C14H15N3O6. The van der Waals surface area contributed by atoms with Crippen molar-refractivity contribution < 1.29 is 24.4 Å². The molecule has 1 saturated heterocycles. The monoisotopic (exact) mass is 321 g/mol. The number of piperidine rings is 1. The maximum atomic E-state index is 12.1. The highest BCUT2D eigenvalue weighted by Gasteiger charge is 2.26. The largest absolute Gasteiger partial charge is 0.478 e. The van der Waals surface area contributed by atoms with Crippen molar-refractivity contribution in [2.45, 2.75) is 12.8 Å². The minimum absolute atomic E-state index is 0.287. The number of benzene rings is 1. The number of non-ortho nitro benzene ring substituents is 1. The van der Waals surface area contributed by atoms with Crippen molar-refractivity contribution in [3.05, 3.63) is 39.4 Å². The molecule has 1 fully saturated rings. The fraction of sp³-hybridized carbons (Fsp3) is 0.357. The molecule has 0 unspecified atom stereocenters. The van der Waals surface area contributed by atoms with Gasteiger partial charge in [-0.2, -0.15) is 0 Å². The summed E-state index contributed by atoms with van der Waals surface area (Å²) in [5, 5.41) is 25.1. The van der Waals surface area contributed by atoms with Gasteiger partial charge in [0, 0.05) is 18.1 Å². The Morgan fingerprint density at radius 3 is 2.43 bits per heavy atom. The molecule has 1 aromatic carbocycles. The number of carbonyl (C=O) groups is 3. The Bertz CT molecular complexity index is 666. The van der Waals surface area contributed by atoms with E-state index >= 15 is 0 Å². The van der Waals surface area contributed by atoms with Crippen molar-refractivity contribution in [3.63, 3.8) is 0 Å². The number of carboxylic acids is 1. The molecule has 9 heteroatoms. The lowest BCUT2D eigenvalue weighted by molar-refractivity contribution is -0.384. The molecule has 23 heavy (non-hydrogen) atoms. The normalized spacial score (nSPS) is 15.0. The zero-order valence-corrected chi connectivity index (χ0v) is 12.1. The number of aromatic carboxylic acids is 1. The Labute approximate surface area is 130 Å². The Morgan fingerprint density at radius 1 is 1.22 bits per heavy atom. The Morgan fingerprint density at radius 2 is 1.87 bits per heavy atom. The van der Waals surface area contributed by atoms with Gasteiger partial charge in [0.25, 0.3) is 11.6 Å². The summed E-state index contributed by atoms with van der Waals surface area (Å²) in [6.07, 6.45) is 1.18. The van der Waals surface area contributed by atoms with Crippen LogP contribution < -0.4 is 10.6 Å². The van der Waals surface area contributed by atoms with Crippen molar-refractivity contribution in [3.8, 4) is 0 Å². The number of hydrogen-bond donors (Lipinski definition) is 3. The lowest BCUT2D eigenvalue weighted by Gasteiger charge is -2.21. The predicted octanol–water partition coefficient (Wildman–Crippen LogP) is 0.549. The van der Waals surface area contributed by atoms with Gasteiger partial charge in [-0.3, -0.25) is 25.0 Å². The Hall–Kier alpha value is -2.81.